The monoisotopic (exact) mass is 392 g/mol. The summed E-state index contributed by atoms with van der Waals surface area (Å²) < 4.78 is 41.6. The summed E-state index contributed by atoms with van der Waals surface area (Å²) in [6.45, 7) is 5.33. The lowest BCUT2D eigenvalue weighted by atomic mass is 9.96. The number of likely N-dealkylation sites (N-methyl/N-ethyl adjacent to an activating group) is 1. The molecule has 150 valence electrons. The number of carbonyl (C=O) groups excluding carboxylic acids is 1. The molecule has 1 N–H and O–H groups in total. The molecule has 0 bridgehead atoms. The van der Waals surface area contributed by atoms with Gasteiger partial charge in [-0.15, -0.1) is 0 Å². The number of hydrogen-bond donors (Lipinski definition) is 1. The van der Waals surface area contributed by atoms with E-state index >= 15 is 0 Å². The quantitative estimate of drug-likeness (QED) is 0.864. The molecular formula is C20H23F3N4O. The van der Waals surface area contributed by atoms with E-state index in [0.29, 0.717) is 17.8 Å². The average molecular weight is 392 g/mol. The highest BCUT2D eigenvalue weighted by atomic mass is 19.4. The highest BCUT2D eigenvalue weighted by molar-refractivity contribution is 5.92. The van der Waals surface area contributed by atoms with Gasteiger partial charge in [0.25, 0.3) is 5.91 Å². The molecule has 8 heteroatoms. The number of halogens is 3. The second-order valence-corrected chi connectivity index (χ2v) is 7.10. The zero-order valence-corrected chi connectivity index (χ0v) is 16.3. The van der Waals surface area contributed by atoms with Gasteiger partial charge in [0.2, 0.25) is 0 Å². The molecule has 3 rings (SSSR count). The number of nitrogens with one attached hydrogen (secondary N) is 1. The minimum Gasteiger partial charge on any atom is -0.371 e. The van der Waals surface area contributed by atoms with Crippen molar-refractivity contribution in [2.75, 3.05) is 37.0 Å². The van der Waals surface area contributed by atoms with Gasteiger partial charge in [-0.05, 0) is 37.6 Å². The molecular weight excluding hydrogens is 369 g/mol. The van der Waals surface area contributed by atoms with Crippen LogP contribution in [0.5, 0.6) is 0 Å². The Bertz CT molecular complexity index is 878. The first kappa shape index (κ1) is 20.0. The maximum atomic E-state index is 13.9. The summed E-state index contributed by atoms with van der Waals surface area (Å²) in [4.78, 5) is 19.6. The number of carbonyl (C=O) groups is 1. The first-order valence-corrected chi connectivity index (χ1v) is 9.05. The number of nitrogens with zero attached hydrogens (tertiary/aromatic N) is 3. The van der Waals surface area contributed by atoms with E-state index in [4.69, 9.17) is 0 Å². The van der Waals surface area contributed by atoms with Gasteiger partial charge in [0.1, 0.15) is 5.69 Å². The van der Waals surface area contributed by atoms with Crippen molar-refractivity contribution in [3.63, 3.8) is 0 Å². The Morgan fingerprint density at radius 2 is 1.89 bits per heavy atom. The van der Waals surface area contributed by atoms with Crippen molar-refractivity contribution < 1.29 is 18.0 Å². The Kier molecular flexibility index (Phi) is 5.23. The van der Waals surface area contributed by atoms with E-state index in [0.717, 1.165) is 12.2 Å². The lowest BCUT2D eigenvalue weighted by molar-refractivity contribution is -0.137. The topological polar surface area (TPSA) is 48.5 Å². The highest BCUT2D eigenvalue weighted by Gasteiger charge is 2.37. The van der Waals surface area contributed by atoms with Gasteiger partial charge in [-0.3, -0.25) is 9.78 Å². The molecule has 2 heterocycles. The minimum atomic E-state index is -4.51. The molecule has 28 heavy (non-hydrogen) atoms. The van der Waals surface area contributed by atoms with Gasteiger partial charge in [-0.25, -0.2) is 0 Å². The van der Waals surface area contributed by atoms with Crippen molar-refractivity contribution in [1.82, 2.24) is 10.3 Å². The van der Waals surface area contributed by atoms with Crippen LogP contribution in [-0.2, 0) is 6.18 Å². The molecule has 0 saturated heterocycles. The minimum absolute atomic E-state index is 0.0552. The predicted molar refractivity (Wildman–Crippen MR) is 104 cm³/mol. The second-order valence-electron chi connectivity index (χ2n) is 7.10. The second kappa shape index (κ2) is 7.33. The average Bonchev–Trinajstić information content (AvgIpc) is 2.66. The van der Waals surface area contributed by atoms with Crippen LogP contribution in [0.15, 0.2) is 30.5 Å². The number of alkyl halides is 3. The highest BCUT2D eigenvalue weighted by Crippen LogP contribution is 2.45. The molecule has 1 aliphatic heterocycles. The Labute approximate surface area is 162 Å². The molecule has 1 aromatic heterocycles. The number of hydrogen-bond acceptors (Lipinski definition) is 4. The number of benzene rings is 1. The Morgan fingerprint density at radius 1 is 1.18 bits per heavy atom. The van der Waals surface area contributed by atoms with Crippen molar-refractivity contribution in [2.24, 2.45) is 0 Å². The molecule has 1 aliphatic rings. The zero-order valence-electron chi connectivity index (χ0n) is 16.3. The smallest absolute Gasteiger partial charge is 0.371 e. The molecule has 2 aromatic rings. The molecule has 1 amide bonds. The standard InChI is InChI=1S/C20H23F3N4O/c1-12(2)27-8-7-26(4)17-9-14(15(10-18(17)27)20(21,22)23)13-5-6-16(25-11-13)19(28)24-3/h5-6,9-12H,7-8H2,1-4H3,(H,24,28). The van der Waals surface area contributed by atoms with Crippen LogP contribution < -0.4 is 15.1 Å². The number of amides is 1. The van der Waals surface area contributed by atoms with Crippen LogP contribution in [0.1, 0.15) is 29.9 Å². The number of pyridine rings is 1. The largest absolute Gasteiger partial charge is 0.417 e. The lowest BCUT2D eigenvalue weighted by Gasteiger charge is -2.40. The van der Waals surface area contributed by atoms with Crippen LogP contribution in [0.2, 0.25) is 0 Å². The molecule has 0 unspecified atom stereocenters. The fraction of sp³-hybridized carbons (Fsp3) is 0.400. The van der Waals surface area contributed by atoms with Crippen LogP contribution in [0.25, 0.3) is 11.1 Å². The molecule has 0 radical (unpaired) electrons. The third-order valence-corrected chi connectivity index (χ3v) is 4.97. The summed E-state index contributed by atoms with van der Waals surface area (Å²) in [6, 6.07) is 5.82. The lowest BCUT2D eigenvalue weighted by Crippen LogP contribution is -2.43. The number of rotatable bonds is 3. The van der Waals surface area contributed by atoms with Crippen molar-refractivity contribution in [1.29, 1.82) is 0 Å². The first-order valence-electron chi connectivity index (χ1n) is 9.05. The summed E-state index contributed by atoms with van der Waals surface area (Å²) in [5, 5.41) is 2.44. The molecule has 1 aromatic carbocycles. The molecule has 0 aliphatic carbocycles. The van der Waals surface area contributed by atoms with Crippen molar-refractivity contribution >= 4 is 17.3 Å². The Hall–Kier alpha value is -2.77. The third-order valence-electron chi connectivity index (χ3n) is 4.97. The van der Waals surface area contributed by atoms with Gasteiger partial charge >= 0.3 is 6.18 Å². The SMILES string of the molecule is CNC(=O)c1ccc(-c2cc3c(cc2C(F)(F)F)N(C(C)C)CCN3C)cn1. The van der Waals surface area contributed by atoms with E-state index in [1.807, 2.05) is 30.7 Å². The summed E-state index contributed by atoms with van der Waals surface area (Å²) >= 11 is 0. The number of anilines is 2. The first-order chi connectivity index (χ1) is 13.1. The van der Waals surface area contributed by atoms with Crippen LogP contribution in [-0.4, -0.2) is 44.1 Å². The molecule has 0 atom stereocenters. The van der Waals surface area contributed by atoms with Crippen LogP contribution >= 0.6 is 0 Å². The van der Waals surface area contributed by atoms with Crippen molar-refractivity contribution in [3.8, 4) is 11.1 Å². The van der Waals surface area contributed by atoms with Crippen molar-refractivity contribution in [2.45, 2.75) is 26.1 Å². The van der Waals surface area contributed by atoms with Crippen LogP contribution in [0, 0.1) is 0 Å². The van der Waals surface area contributed by atoms with Gasteiger partial charge < -0.3 is 15.1 Å². The van der Waals surface area contributed by atoms with Gasteiger partial charge in [-0.2, -0.15) is 13.2 Å². The summed E-state index contributed by atoms with van der Waals surface area (Å²) in [5.41, 5.74) is 1.15. The van der Waals surface area contributed by atoms with Gasteiger partial charge in [0.05, 0.1) is 16.9 Å². The summed E-state index contributed by atoms with van der Waals surface area (Å²) in [7, 11) is 3.35. The van der Waals surface area contributed by atoms with E-state index in [-0.39, 0.29) is 23.2 Å². The van der Waals surface area contributed by atoms with E-state index < -0.39 is 11.7 Å². The van der Waals surface area contributed by atoms with Gasteiger partial charge in [0, 0.05) is 45.0 Å². The van der Waals surface area contributed by atoms with Crippen LogP contribution in [0.4, 0.5) is 24.5 Å². The Morgan fingerprint density at radius 3 is 2.43 bits per heavy atom. The fourth-order valence-corrected chi connectivity index (χ4v) is 3.44. The van der Waals surface area contributed by atoms with E-state index in [1.165, 1.54) is 31.4 Å². The number of fused-ring (bicyclic) bond motifs is 1. The van der Waals surface area contributed by atoms with E-state index in [2.05, 4.69) is 10.3 Å². The molecule has 0 spiro atoms. The maximum Gasteiger partial charge on any atom is 0.417 e. The van der Waals surface area contributed by atoms with Gasteiger partial charge in [-0.1, -0.05) is 6.07 Å². The van der Waals surface area contributed by atoms with E-state index in [9.17, 15) is 18.0 Å². The maximum absolute atomic E-state index is 13.9. The van der Waals surface area contributed by atoms with Gasteiger partial charge in [0.15, 0.2) is 0 Å². The fourth-order valence-electron chi connectivity index (χ4n) is 3.44. The summed E-state index contributed by atoms with van der Waals surface area (Å²) in [6.07, 6.45) is -3.20. The Balaban J connectivity index is 2.18. The van der Waals surface area contributed by atoms with E-state index in [1.54, 1.807) is 6.07 Å². The molecule has 0 saturated carbocycles. The molecule has 0 fully saturated rings. The predicted octanol–water partition coefficient (Wildman–Crippen LogP) is 3.79. The summed E-state index contributed by atoms with van der Waals surface area (Å²) in [5.74, 6) is -0.389. The van der Waals surface area contributed by atoms with Crippen LogP contribution in [0.3, 0.4) is 0 Å². The normalized spacial score (nSPS) is 14.3. The number of aromatic nitrogens is 1. The zero-order chi connectivity index (χ0) is 20.6. The van der Waals surface area contributed by atoms with Crippen molar-refractivity contribution in [3.05, 3.63) is 41.7 Å². The molecule has 5 nitrogen and oxygen atoms in total. The third kappa shape index (κ3) is 3.63.